The zero-order chi connectivity index (χ0) is 18.1. The van der Waals surface area contributed by atoms with Crippen molar-refractivity contribution in [3.8, 4) is 0 Å². The zero-order valence-electron chi connectivity index (χ0n) is 14.7. The second-order valence-corrected chi connectivity index (χ2v) is 7.37. The van der Waals surface area contributed by atoms with Crippen molar-refractivity contribution in [1.82, 2.24) is 0 Å². The number of anilines is 1. The van der Waals surface area contributed by atoms with Crippen LogP contribution in [-0.4, -0.2) is 22.8 Å². The summed E-state index contributed by atoms with van der Waals surface area (Å²) < 4.78 is 0. The van der Waals surface area contributed by atoms with Gasteiger partial charge < -0.3 is 5.11 Å². The molecule has 1 saturated carbocycles. The van der Waals surface area contributed by atoms with Gasteiger partial charge in [0.1, 0.15) is 0 Å². The van der Waals surface area contributed by atoms with Crippen LogP contribution in [0.4, 0.5) is 5.69 Å². The normalized spacial score (nSPS) is 22.0. The molecule has 4 nitrogen and oxygen atoms in total. The Hall–Kier alpha value is -1.81. The maximum atomic E-state index is 12.8. The van der Waals surface area contributed by atoms with Crippen LogP contribution in [0.15, 0.2) is 29.5 Å². The fourth-order valence-electron chi connectivity index (χ4n) is 4.16. The van der Waals surface area contributed by atoms with Crippen LogP contribution in [0.5, 0.6) is 0 Å². The summed E-state index contributed by atoms with van der Waals surface area (Å²) in [7, 11) is 0. The van der Waals surface area contributed by atoms with Crippen molar-refractivity contribution < 1.29 is 14.7 Å². The summed E-state index contributed by atoms with van der Waals surface area (Å²) in [6.07, 6.45) is 6.05. The van der Waals surface area contributed by atoms with E-state index in [1.165, 1.54) is 13.3 Å². The quantitative estimate of drug-likeness (QED) is 0.852. The number of aliphatic hydroxyl groups is 1. The van der Waals surface area contributed by atoms with Gasteiger partial charge in [0.05, 0.1) is 11.6 Å². The van der Waals surface area contributed by atoms with Gasteiger partial charge in [0.25, 0.3) is 5.91 Å². The van der Waals surface area contributed by atoms with Crippen molar-refractivity contribution in [2.24, 2.45) is 5.92 Å². The average Bonchev–Trinajstić information content (AvgIpc) is 2.88. The molecule has 1 N–H and O–H groups in total. The highest BCUT2D eigenvalue weighted by Gasteiger charge is 2.46. The van der Waals surface area contributed by atoms with Crippen molar-refractivity contribution in [3.05, 3.63) is 40.1 Å². The number of nitrogens with zero attached hydrogens (tertiary/aromatic N) is 1. The fourth-order valence-corrected chi connectivity index (χ4v) is 4.41. The molecule has 5 heteroatoms. The molecule has 25 heavy (non-hydrogen) atoms. The van der Waals surface area contributed by atoms with Crippen molar-refractivity contribution in [2.45, 2.75) is 58.4 Å². The van der Waals surface area contributed by atoms with Gasteiger partial charge in [-0.2, -0.15) is 0 Å². The average molecular weight is 362 g/mol. The molecule has 0 radical (unpaired) electrons. The molecule has 0 spiro atoms. The van der Waals surface area contributed by atoms with Crippen LogP contribution in [0.3, 0.4) is 0 Å². The van der Waals surface area contributed by atoms with Crippen LogP contribution in [0, 0.1) is 5.92 Å². The Morgan fingerprint density at radius 3 is 2.56 bits per heavy atom. The number of hydrogen-bond donors (Lipinski definition) is 1. The number of amides is 1. The lowest BCUT2D eigenvalue weighted by Crippen LogP contribution is -2.42. The highest BCUT2D eigenvalue weighted by atomic mass is 35.5. The van der Waals surface area contributed by atoms with Crippen molar-refractivity contribution in [3.63, 3.8) is 0 Å². The fraction of sp³-hybridized carbons (Fsp3) is 0.500. The molecule has 1 aromatic carbocycles. The Morgan fingerprint density at radius 1 is 1.28 bits per heavy atom. The molecule has 3 rings (SSSR count). The van der Waals surface area contributed by atoms with Gasteiger partial charge in [0.2, 0.25) is 0 Å². The summed E-state index contributed by atoms with van der Waals surface area (Å²) >= 11 is 6.21. The van der Waals surface area contributed by atoms with Crippen LogP contribution in [0.1, 0.15) is 51.5 Å². The molecule has 1 fully saturated rings. The van der Waals surface area contributed by atoms with Crippen LogP contribution >= 0.6 is 11.6 Å². The number of ketones is 1. The predicted octanol–water partition coefficient (Wildman–Crippen LogP) is 4.60. The van der Waals surface area contributed by atoms with Crippen molar-refractivity contribution in [2.75, 3.05) is 4.90 Å². The first kappa shape index (κ1) is 18.0. The van der Waals surface area contributed by atoms with Gasteiger partial charge in [-0.05, 0) is 55.9 Å². The number of Topliss-reactive ketones (excluding diaryl/α,β-unsaturated/α-hetero) is 1. The second-order valence-electron chi connectivity index (χ2n) is 6.97. The lowest BCUT2D eigenvalue weighted by Gasteiger charge is -2.35. The van der Waals surface area contributed by atoms with E-state index >= 15 is 0 Å². The molecule has 0 aromatic heterocycles. The Morgan fingerprint density at radius 2 is 1.96 bits per heavy atom. The molecule has 1 amide bonds. The number of carbonyl (C=O) groups is 2. The number of rotatable bonds is 4. The molecule has 1 aliphatic heterocycles. The summed E-state index contributed by atoms with van der Waals surface area (Å²) in [5.74, 6) is -0.906. The van der Waals surface area contributed by atoms with Gasteiger partial charge in [0, 0.05) is 10.7 Å². The minimum absolute atomic E-state index is 0.196. The van der Waals surface area contributed by atoms with Gasteiger partial charge in [-0.3, -0.25) is 14.5 Å². The van der Waals surface area contributed by atoms with E-state index < -0.39 is 11.7 Å². The smallest absolute Gasteiger partial charge is 0.294 e. The maximum absolute atomic E-state index is 12.8. The summed E-state index contributed by atoms with van der Waals surface area (Å²) in [6, 6.07) is 5.10. The maximum Gasteiger partial charge on any atom is 0.294 e. The first-order chi connectivity index (χ1) is 12.0. The van der Waals surface area contributed by atoms with Gasteiger partial charge in [0.15, 0.2) is 11.5 Å². The highest BCUT2D eigenvalue weighted by Crippen LogP contribution is 2.40. The van der Waals surface area contributed by atoms with Crippen molar-refractivity contribution >= 4 is 29.0 Å². The monoisotopic (exact) mass is 361 g/mol. The van der Waals surface area contributed by atoms with Crippen LogP contribution in [0.2, 0.25) is 5.02 Å². The largest absolute Gasteiger partial charge is 0.503 e. The van der Waals surface area contributed by atoms with Gasteiger partial charge in [-0.1, -0.05) is 37.8 Å². The number of hydrogen-bond acceptors (Lipinski definition) is 3. The molecule has 1 aromatic rings. The number of halogens is 1. The zero-order valence-corrected chi connectivity index (χ0v) is 15.5. The Kier molecular flexibility index (Phi) is 5.19. The Labute approximate surface area is 153 Å². The third-order valence-corrected chi connectivity index (χ3v) is 5.78. The molecule has 0 saturated heterocycles. The van der Waals surface area contributed by atoms with Crippen molar-refractivity contribution in [1.29, 1.82) is 0 Å². The lowest BCUT2D eigenvalue weighted by atomic mass is 9.80. The molecule has 1 atom stereocenters. The minimum atomic E-state index is -0.481. The van der Waals surface area contributed by atoms with Gasteiger partial charge in [-0.15, -0.1) is 0 Å². The summed E-state index contributed by atoms with van der Waals surface area (Å²) in [4.78, 5) is 26.6. The SMILES string of the molecule is CCc1cc(N2C(=O)C(O)=C(C(C)=O)[C@@H]2C2CCCCC2)ccc1Cl. The molecule has 1 heterocycles. The van der Waals surface area contributed by atoms with E-state index in [0.717, 1.165) is 37.7 Å². The van der Waals surface area contributed by atoms with E-state index in [1.807, 2.05) is 13.0 Å². The number of aliphatic hydroxyl groups excluding tert-OH is 1. The van der Waals surface area contributed by atoms with E-state index in [0.29, 0.717) is 10.7 Å². The van der Waals surface area contributed by atoms with E-state index in [1.54, 1.807) is 17.0 Å². The minimum Gasteiger partial charge on any atom is -0.503 e. The molecular weight excluding hydrogens is 338 g/mol. The summed E-state index contributed by atoms with van der Waals surface area (Å²) in [6.45, 7) is 3.43. The molecule has 0 bridgehead atoms. The van der Waals surface area contributed by atoms with E-state index in [4.69, 9.17) is 11.6 Å². The predicted molar refractivity (Wildman–Crippen MR) is 99.0 cm³/mol. The lowest BCUT2D eigenvalue weighted by molar-refractivity contribution is -0.117. The molecule has 1 aliphatic carbocycles. The number of carbonyl (C=O) groups excluding carboxylic acids is 2. The first-order valence-corrected chi connectivity index (χ1v) is 9.39. The Bertz CT molecular complexity index is 734. The van der Waals surface area contributed by atoms with Crippen LogP contribution in [0.25, 0.3) is 0 Å². The first-order valence-electron chi connectivity index (χ1n) is 9.01. The standard InChI is InChI=1S/C20H24ClNO3/c1-3-13-11-15(9-10-16(13)21)22-18(14-7-5-4-6-8-14)17(12(2)23)19(24)20(22)25/h9-11,14,18,24H,3-8H2,1-2H3/t18-/m0/s1. The Balaban J connectivity index is 2.07. The van der Waals surface area contributed by atoms with Gasteiger partial charge in [-0.25, -0.2) is 0 Å². The molecular formula is C20H24ClNO3. The summed E-state index contributed by atoms with van der Waals surface area (Å²) in [5.41, 5.74) is 1.92. The third-order valence-electron chi connectivity index (χ3n) is 5.41. The molecule has 0 unspecified atom stereocenters. The molecule has 134 valence electrons. The third kappa shape index (κ3) is 3.20. The highest BCUT2D eigenvalue weighted by molar-refractivity contribution is 6.31. The van der Waals surface area contributed by atoms with Crippen LogP contribution in [-0.2, 0) is 16.0 Å². The number of benzene rings is 1. The van der Waals surface area contributed by atoms with E-state index in [2.05, 4.69) is 0 Å². The van der Waals surface area contributed by atoms with E-state index in [-0.39, 0.29) is 23.3 Å². The summed E-state index contributed by atoms with van der Waals surface area (Å²) in [5, 5.41) is 11.0. The van der Waals surface area contributed by atoms with E-state index in [9.17, 15) is 14.7 Å². The topological polar surface area (TPSA) is 57.6 Å². The van der Waals surface area contributed by atoms with Crippen LogP contribution < -0.4 is 4.90 Å². The number of aryl methyl sites for hydroxylation is 1. The second kappa shape index (κ2) is 7.20. The molecule has 2 aliphatic rings. The van der Waals surface area contributed by atoms with Gasteiger partial charge >= 0.3 is 0 Å².